The number of nitrogens with one attached hydrogen (secondary N) is 2. The number of nitrogens with zero attached hydrogens (tertiary/aromatic N) is 1. The van der Waals surface area contributed by atoms with Crippen molar-refractivity contribution in [2.24, 2.45) is 4.99 Å². The molecule has 0 aliphatic rings. The van der Waals surface area contributed by atoms with Gasteiger partial charge in [0.2, 0.25) is 0 Å². The molecular formula is C20H25ClFN3O2. The lowest BCUT2D eigenvalue weighted by atomic mass is 10.1. The number of benzene rings is 2. The predicted molar refractivity (Wildman–Crippen MR) is 107 cm³/mol. The van der Waals surface area contributed by atoms with Gasteiger partial charge in [-0.3, -0.25) is 4.99 Å². The second kappa shape index (κ2) is 10.1. The van der Waals surface area contributed by atoms with Crippen LogP contribution in [-0.2, 0) is 0 Å². The molecule has 2 atom stereocenters. The van der Waals surface area contributed by atoms with Crippen LogP contribution in [0.15, 0.2) is 47.5 Å². The van der Waals surface area contributed by atoms with Crippen molar-refractivity contribution in [1.29, 1.82) is 0 Å². The van der Waals surface area contributed by atoms with Crippen LogP contribution in [0.25, 0.3) is 0 Å². The van der Waals surface area contributed by atoms with Gasteiger partial charge in [-0.2, -0.15) is 0 Å². The zero-order chi connectivity index (χ0) is 19.8. The topological polar surface area (TPSA) is 65.9 Å². The first kappa shape index (κ1) is 21.0. The third-order valence-corrected chi connectivity index (χ3v) is 4.40. The van der Waals surface area contributed by atoms with Crippen molar-refractivity contribution >= 4 is 17.6 Å². The van der Waals surface area contributed by atoms with Crippen LogP contribution in [0, 0.1) is 5.82 Å². The molecule has 0 heterocycles. The highest BCUT2D eigenvalue weighted by Crippen LogP contribution is 2.23. The van der Waals surface area contributed by atoms with E-state index in [1.165, 1.54) is 13.2 Å². The quantitative estimate of drug-likeness (QED) is 0.494. The zero-order valence-corrected chi connectivity index (χ0v) is 16.4. The summed E-state index contributed by atoms with van der Waals surface area (Å²) in [5, 5.41) is 17.2. The van der Waals surface area contributed by atoms with Gasteiger partial charge in [0.05, 0.1) is 19.7 Å². The summed E-state index contributed by atoms with van der Waals surface area (Å²) in [5.41, 5.74) is 1.38. The molecular weight excluding hydrogens is 369 g/mol. The minimum atomic E-state index is -0.817. The smallest absolute Gasteiger partial charge is 0.191 e. The molecule has 0 fully saturated rings. The number of hydrogen-bond acceptors (Lipinski definition) is 3. The van der Waals surface area contributed by atoms with E-state index < -0.39 is 11.9 Å². The van der Waals surface area contributed by atoms with E-state index in [4.69, 9.17) is 16.3 Å². The first-order valence-electron chi connectivity index (χ1n) is 8.77. The summed E-state index contributed by atoms with van der Waals surface area (Å²) in [7, 11) is 1.43. The maximum Gasteiger partial charge on any atom is 0.191 e. The van der Waals surface area contributed by atoms with E-state index in [-0.39, 0.29) is 18.3 Å². The molecule has 0 radical (unpaired) electrons. The van der Waals surface area contributed by atoms with E-state index in [2.05, 4.69) is 15.6 Å². The van der Waals surface area contributed by atoms with Crippen LogP contribution in [0.1, 0.15) is 37.1 Å². The molecule has 27 heavy (non-hydrogen) atoms. The van der Waals surface area contributed by atoms with Gasteiger partial charge in [-0.15, -0.1) is 0 Å². The molecule has 7 heteroatoms. The van der Waals surface area contributed by atoms with Gasteiger partial charge in [0, 0.05) is 17.1 Å². The van der Waals surface area contributed by atoms with Crippen LogP contribution in [0.5, 0.6) is 5.75 Å². The lowest BCUT2D eigenvalue weighted by Gasteiger charge is -2.19. The van der Waals surface area contributed by atoms with Crippen LogP contribution >= 0.6 is 11.6 Å². The van der Waals surface area contributed by atoms with E-state index >= 15 is 0 Å². The molecule has 0 spiro atoms. The van der Waals surface area contributed by atoms with E-state index in [1.54, 1.807) is 24.3 Å². The minimum absolute atomic E-state index is 0.142. The highest BCUT2D eigenvalue weighted by Gasteiger charge is 2.13. The molecule has 0 aliphatic carbocycles. The summed E-state index contributed by atoms with van der Waals surface area (Å²) in [6.07, 6.45) is -0.817. The van der Waals surface area contributed by atoms with E-state index in [0.717, 1.165) is 5.56 Å². The Morgan fingerprint density at radius 3 is 2.67 bits per heavy atom. The number of methoxy groups -OCH3 is 1. The second-order valence-electron chi connectivity index (χ2n) is 6.02. The molecule has 0 saturated heterocycles. The highest BCUT2D eigenvalue weighted by atomic mass is 35.5. The van der Waals surface area contributed by atoms with E-state index in [9.17, 15) is 9.50 Å². The molecule has 0 aliphatic heterocycles. The average molecular weight is 394 g/mol. The van der Waals surface area contributed by atoms with Crippen molar-refractivity contribution in [3.8, 4) is 5.75 Å². The van der Waals surface area contributed by atoms with Crippen LogP contribution < -0.4 is 15.4 Å². The second-order valence-corrected chi connectivity index (χ2v) is 6.42. The van der Waals surface area contributed by atoms with Gasteiger partial charge >= 0.3 is 0 Å². The number of aliphatic hydroxyl groups is 1. The van der Waals surface area contributed by atoms with Crippen molar-refractivity contribution in [2.45, 2.75) is 26.0 Å². The Morgan fingerprint density at radius 2 is 2.04 bits per heavy atom. The standard InChI is InChI=1S/C20H25ClFN3O2/c1-4-23-20(24-12-18(26)15-7-5-6-8-16(15)21)25-13(2)14-9-10-19(27-3)17(22)11-14/h5-11,13,18,26H,4,12H2,1-3H3,(H2,23,24,25). The number of guanidine groups is 1. The Morgan fingerprint density at radius 1 is 1.30 bits per heavy atom. The van der Waals surface area contributed by atoms with Crippen LogP contribution in [-0.4, -0.2) is 31.3 Å². The Hall–Kier alpha value is -2.31. The third kappa shape index (κ3) is 5.84. The fourth-order valence-electron chi connectivity index (χ4n) is 2.58. The van der Waals surface area contributed by atoms with Crippen molar-refractivity contribution < 1.29 is 14.2 Å². The van der Waals surface area contributed by atoms with Gasteiger partial charge in [0.15, 0.2) is 17.5 Å². The number of rotatable bonds is 7. The van der Waals surface area contributed by atoms with Gasteiger partial charge in [-0.25, -0.2) is 4.39 Å². The van der Waals surface area contributed by atoms with Crippen molar-refractivity contribution in [3.05, 3.63) is 64.4 Å². The molecule has 0 saturated carbocycles. The first-order chi connectivity index (χ1) is 13.0. The third-order valence-electron chi connectivity index (χ3n) is 4.06. The number of halogens is 2. The largest absolute Gasteiger partial charge is 0.494 e. The fraction of sp³-hybridized carbons (Fsp3) is 0.350. The Bertz CT molecular complexity index is 786. The minimum Gasteiger partial charge on any atom is -0.494 e. The van der Waals surface area contributed by atoms with Gasteiger partial charge in [0.1, 0.15) is 6.10 Å². The van der Waals surface area contributed by atoms with Crippen molar-refractivity contribution in [2.75, 3.05) is 20.2 Å². The monoisotopic (exact) mass is 393 g/mol. The van der Waals surface area contributed by atoms with Gasteiger partial charge in [0.25, 0.3) is 0 Å². The zero-order valence-electron chi connectivity index (χ0n) is 15.7. The molecule has 146 valence electrons. The lowest BCUT2D eigenvalue weighted by Crippen LogP contribution is -2.39. The first-order valence-corrected chi connectivity index (χ1v) is 9.14. The highest BCUT2D eigenvalue weighted by molar-refractivity contribution is 6.31. The summed E-state index contributed by atoms with van der Waals surface area (Å²) in [6, 6.07) is 11.7. The summed E-state index contributed by atoms with van der Waals surface area (Å²) < 4.78 is 18.9. The summed E-state index contributed by atoms with van der Waals surface area (Å²) >= 11 is 6.11. The van der Waals surface area contributed by atoms with Gasteiger partial charge < -0.3 is 20.5 Å². The normalized spacial score (nSPS) is 13.8. The van der Waals surface area contributed by atoms with E-state index in [1.807, 2.05) is 26.0 Å². The van der Waals surface area contributed by atoms with Crippen LogP contribution in [0.3, 0.4) is 0 Å². The molecule has 5 nitrogen and oxygen atoms in total. The lowest BCUT2D eigenvalue weighted by molar-refractivity contribution is 0.187. The molecule has 2 aromatic carbocycles. The Labute approximate surface area is 164 Å². The van der Waals surface area contributed by atoms with Gasteiger partial charge in [-0.1, -0.05) is 35.9 Å². The maximum absolute atomic E-state index is 13.9. The van der Waals surface area contributed by atoms with Gasteiger partial charge in [-0.05, 0) is 37.6 Å². The summed E-state index contributed by atoms with van der Waals surface area (Å²) in [6.45, 7) is 4.64. The molecule has 2 aromatic rings. The SMILES string of the molecule is CCNC(=NCC(O)c1ccccc1Cl)NC(C)c1ccc(OC)c(F)c1. The maximum atomic E-state index is 13.9. The fourth-order valence-corrected chi connectivity index (χ4v) is 2.84. The summed E-state index contributed by atoms with van der Waals surface area (Å²) in [5.74, 6) is 0.307. The van der Waals surface area contributed by atoms with Crippen LogP contribution in [0.2, 0.25) is 5.02 Å². The number of aliphatic hydroxyl groups excluding tert-OH is 1. The molecule has 0 aromatic heterocycles. The molecule has 2 unspecified atom stereocenters. The Balaban J connectivity index is 2.08. The molecule has 2 rings (SSSR count). The van der Waals surface area contributed by atoms with Crippen molar-refractivity contribution in [3.63, 3.8) is 0 Å². The predicted octanol–water partition coefficient (Wildman–Crippen LogP) is 3.84. The Kier molecular flexibility index (Phi) is 7.88. The molecule has 0 amide bonds. The molecule has 0 bridgehead atoms. The number of aliphatic imine (C=N–C) groups is 1. The van der Waals surface area contributed by atoms with Crippen LogP contribution in [0.4, 0.5) is 4.39 Å². The summed E-state index contributed by atoms with van der Waals surface area (Å²) in [4.78, 5) is 4.42. The van der Waals surface area contributed by atoms with Crippen molar-refractivity contribution in [1.82, 2.24) is 10.6 Å². The average Bonchev–Trinajstić information content (AvgIpc) is 2.66. The molecule has 3 N–H and O–H groups in total. The number of ether oxygens (including phenoxy) is 1. The number of hydrogen-bond donors (Lipinski definition) is 3. The van der Waals surface area contributed by atoms with E-state index in [0.29, 0.717) is 23.1 Å².